The van der Waals surface area contributed by atoms with Crippen molar-refractivity contribution >= 4 is 17.5 Å². The van der Waals surface area contributed by atoms with Gasteiger partial charge in [-0.05, 0) is 39.0 Å². The Morgan fingerprint density at radius 1 is 1.53 bits per heavy atom. The number of hydrogen-bond acceptors (Lipinski definition) is 6. The molecule has 0 unspecified atom stereocenters. The predicted octanol–water partition coefficient (Wildman–Crippen LogP) is 0.956. The normalized spacial score (nSPS) is 17.2. The van der Waals surface area contributed by atoms with Gasteiger partial charge in [0.25, 0.3) is 0 Å². The zero-order valence-electron chi connectivity index (χ0n) is 11.3. The Bertz CT molecular complexity index is 456. The van der Waals surface area contributed by atoms with Crippen molar-refractivity contribution in [2.45, 2.75) is 18.9 Å². The standard InChI is InChI=1S/C13H20N4O2/c1-17-5-3-9(4-6-17)16-12-7-10(13(18)19-2)11(14)8-15-12/h7-9H,3-6,14H2,1-2H3,(H,15,16). The summed E-state index contributed by atoms with van der Waals surface area (Å²) in [6.45, 7) is 2.13. The van der Waals surface area contributed by atoms with E-state index in [0.717, 1.165) is 25.9 Å². The molecule has 19 heavy (non-hydrogen) atoms. The molecule has 0 bridgehead atoms. The van der Waals surface area contributed by atoms with Crippen LogP contribution >= 0.6 is 0 Å². The third kappa shape index (κ3) is 3.35. The van der Waals surface area contributed by atoms with Crippen LogP contribution in [0.2, 0.25) is 0 Å². The molecule has 0 spiro atoms. The number of nitrogen functional groups attached to an aromatic ring is 1. The van der Waals surface area contributed by atoms with Crippen molar-refractivity contribution in [1.29, 1.82) is 0 Å². The molecule has 1 aromatic heterocycles. The van der Waals surface area contributed by atoms with Gasteiger partial charge in [0, 0.05) is 6.04 Å². The molecular formula is C13H20N4O2. The lowest BCUT2D eigenvalue weighted by molar-refractivity contribution is 0.0602. The highest BCUT2D eigenvalue weighted by Gasteiger charge is 2.18. The molecule has 104 valence electrons. The second-order valence-electron chi connectivity index (χ2n) is 4.87. The number of nitrogens with zero attached hydrogens (tertiary/aromatic N) is 2. The second kappa shape index (κ2) is 5.88. The molecular weight excluding hydrogens is 244 g/mol. The summed E-state index contributed by atoms with van der Waals surface area (Å²) >= 11 is 0. The number of aromatic nitrogens is 1. The van der Waals surface area contributed by atoms with E-state index in [9.17, 15) is 4.79 Å². The van der Waals surface area contributed by atoms with Crippen LogP contribution in [0.1, 0.15) is 23.2 Å². The van der Waals surface area contributed by atoms with Gasteiger partial charge in [-0.2, -0.15) is 0 Å². The van der Waals surface area contributed by atoms with Crippen LogP contribution in [0.3, 0.4) is 0 Å². The lowest BCUT2D eigenvalue weighted by atomic mass is 10.1. The second-order valence-corrected chi connectivity index (χ2v) is 4.87. The van der Waals surface area contributed by atoms with E-state index in [-0.39, 0.29) is 0 Å². The number of carbonyl (C=O) groups is 1. The highest BCUT2D eigenvalue weighted by atomic mass is 16.5. The van der Waals surface area contributed by atoms with Crippen LogP contribution in [-0.4, -0.2) is 49.1 Å². The number of nitrogens with one attached hydrogen (secondary N) is 1. The zero-order chi connectivity index (χ0) is 13.8. The number of ether oxygens (including phenoxy) is 1. The van der Waals surface area contributed by atoms with E-state index in [1.54, 1.807) is 6.07 Å². The quantitative estimate of drug-likeness (QED) is 0.791. The Balaban J connectivity index is 2.06. The number of methoxy groups -OCH3 is 1. The molecule has 1 aliphatic heterocycles. The molecule has 0 saturated carbocycles. The van der Waals surface area contributed by atoms with Gasteiger partial charge in [-0.1, -0.05) is 0 Å². The van der Waals surface area contributed by atoms with Gasteiger partial charge >= 0.3 is 5.97 Å². The van der Waals surface area contributed by atoms with Crippen molar-refractivity contribution in [1.82, 2.24) is 9.88 Å². The van der Waals surface area contributed by atoms with Gasteiger partial charge < -0.3 is 20.7 Å². The monoisotopic (exact) mass is 264 g/mol. The van der Waals surface area contributed by atoms with Crippen LogP contribution in [0.4, 0.5) is 11.5 Å². The Hall–Kier alpha value is -1.82. The van der Waals surface area contributed by atoms with Crippen molar-refractivity contribution in [3.63, 3.8) is 0 Å². The Kier molecular flexibility index (Phi) is 4.21. The van der Waals surface area contributed by atoms with Crippen molar-refractivity contribution in [2.24, 2.45) is 0 Å². The maximum Gasteiger partial charge on any atom is 0.340 e. The van der Waals surface area contributed by atoms with Gasteiger partial charge in [-0.25, -0.2) is 9.78 Å². The summed E-state index contributed by atoms with van der Waals surface area (Å²) in [6, 6.07) is 2.04. The Morgan fingerprint density at radius 3 is 2.84 bits per heavy atom. The molecule has 6 nitrogen and oxygen atoms in total. The molecule has 1 aromatic rings. The van der Waals surface area contributed by atoms with E-state index in [1.165, 1.54) is 13.3 Å². The van der Waals surface area contributed by atoms with Crippen molar-refractivity contribution in [2.75, 3.05) is 38.3 Å². The molecule has 3 N–H and O–H groups in total. The molecule has 0 atom stereocenters. The number of likely N-dealkylation sites (tertiary alicyclic amines) is 1. The summed E-state index contributed by atoms with van der Waals surface area (Å²) in [5.41, 5.74) is 6.41. The average Bonchev–Trinajstić information content (AvgIpc) is 2.42. The fourth-order valence-corrected chi connectivity index (χ4v) is 2.19. The molecule has 1 aliphatic rings. The molecule has 2 rings (SSSR count). The summed E-state index contributed by atoms with van der Waals surface area (Å²) in [4.78, 5) is 18.1. The van der Waals surface area contributed by atoms with Gasteiger partial charge in [0.1, 0.15) is 5.82 Å². The maximum atomic E-state index is 11.6. The van der Waals surface area contributed by atoms with Crippen LogP contribution in [0.15, 0.2) is 12.3 Å². The maximum absolute atomic E-state index is 11.6. The number of esters is 1. The largest absolute Gasteiger partial charge is 0.465 e. The first kappa shape index (κ1) is 13.6. The minimum atomic E-state index is -0.439. The number of carbonyl (C=O) groups excluding carboxylic acids is 1. The molecule has 0 radical (unpaired) electrons. The zero-order valence-corrected chi connectivity index (χ0v) is 11.3. The summed E-state index contributed by atoms with van der Waals surface area (Å²) in [5.74, 6) is 0.232. The number of piperidine rings is 1. The first-order chi connectivity index (χ1) is 9.10. The van der Waals surface area contributed by atoms with Gasteiger partial charge in [-0.3, -0.25) is 0 Å². The number of pyridine rings is 1. The van der Waals surface area contributed by atoms with Gasteiger partial charge in [-0.15, -0.1) is 0 Å². The van der Waals surface area contributed by atoms with E-state index in [0.29, 0.717) is 23.1 Å². The molecule has 0 aromatic carbocycles. The van der Waals surface area contributed by atoms with Crippen LogP contribution in [0.25, 0.3) is 0 Å². The highest BCUT2D eigenvalue weighted by molar-refractivity contribution is 5.95. The molecule has 6 heteroatoms. The van der Waals surface area contributed by atoms with Crippen molar-refractivity contribution in [3.05, 3.63) is 17.8 Å². The molecule has 0 amide bonds. The van der Waals surface area contributed by atoms with E-state index in [4.69, 9.17) is 10.5 Å². The Morgan fingerprint density at radius 2 is 2.21 bits per heavy atom. The minimum absolute atomic E-state index is 0.334. The summed E-state index contributed by atoms with van der Waals surface area (Å²) in [6.07, 6.45) is 3.62. The molecule has 1 fully saturated rings. The number of rotatable bonds is 3. The van der Waals surface area contributed by atoms with E-state index >= 15 is 0 Å². The van der Waals surface area contributed by atoms with Gasteiger partial charge in [0.05, 0.1) is 24.6 Å². The van der Waals surface area contributed by atoms with Crippen LogP contribution < -0.4 is 11.1 Å². The Labute approximate surface area is 112 Å². The van der Waals surface area contributed by atoms with Crippen molar-refractivity contribution < 1.29 is 9.53 Å². The summed E-state index contributed by atoms with van der Waals surface area (Å²) < 4.78 is 4.69. The summed E-state index contributed by atoms with van der Waals surface area (Å²) in [5, 5.41) is 3.35. The highest BCUT2D eigenvalue weighted by Crippen LogP contribution is 2.19. The first-order valence-electron chi connectivity index (χ1n) is 6.39. The fourth-order valence-electron chi connectivity index (χ4n) is 2.19. The minimum Gasteiger partial charge on any atom is -0.465 e. The predicted molar refractivity (Wildman–Crippen MR) is 74.1 cm³/mol. The SMILES string of the molecule is COC(=O)c1cc(NC2CCN(C)CC2)ncc1N. The van der Waals surface area contributed by atoms with E-state index in [1.807, 2.05) is 0 Å². The third-order valence-electron chi connectivity index (χ3n) is 3.41. The van der Waals surface area contributed by atoms with Crippen LogP contribution in [-0.2, 0) is 4.74 Å². The third-order valence-corrected chi connectivity index (χ3v) is 3.41. The summed E-state index contributed by atoms with van der Waals surface area (Å²) in [7, 11) is 3.46. The van der Waals surface area contributed by atoms with Crippen LogP contribution in [0, 0.1) is 0 Å². The fraction of sp³-hybridized carbons (Fsp3) is 0.538. The van der Waals surface area contributed by atoms with Crippen molar-refractivity contribution in [3.8, 4) is 0 Å². The van der Waals surface area contributed by atoms with Crippen LogP contribution in [0.5, 0.6) is 0 Å². The smallest absolute Gasteiger partial charge is 0.340 e. The topological polar surface area (TPSA) is 80.5 Å². The van der Waals surface area contributed by atoms with E-state index in [2.05, 4.69) is 22.2 Å². The number of anilines is 2. The lowest BCUT2D eigenvalue weighted by Gasteiger charge is -2.29. The molecule has 2 heterocycles. The number of hydrogen-bond donors (Lipinski definition) is 2. The average molecular weight is 264 g/mol. The molecule has 0 aliphatic carbocycles. The van der Waals surface area contributed by atoms with Gasteiger partial charge in [0.2, 0.25) is 0 Å². The first-order valence-corrected chi connectivity index (χ1v) is 6.39. The van der Waals surface area contributed by atoms with Gasteiger partial charge in [0.15, 0.2) is 0 Å². The number of nitrogens with two attached hydrogens (primary N) is 1. The molecule has 1 saturated heterocycles. The van der Waals surface area contributed by atoms with E-state index < -0.39 is 5.97 Å². The lowest BCUT2D eigenvalue weighted by Crippen LogP contribution is -2.36.